The maximum atomic E-state index is 13.9. The zero-order valence-corrected chi connectivity index (χ0v) is 29.4. The van der Waals surface area contributed by atoms with Crippen molar-refractivity contribution in [2.24, 2.45) is 5.16 Å². The monoisotopic (exact) mass is 746 g/mol. The van der Waals surface area contributed by atoms with Crippen molar-refractivity contribution in [3.8, 4) is 11.5 Å². The van der Waals surface area contributed by atoms with Crippen molar-refractivity contribution in [3.05, 3.63) is 45.9 Å². The molecule has 4 aliphatic rings. The maximum absolute atomic E-state index is 13.9. The zero-order chi connectivity index (χ0) is 37.0. The molecular formula is C32H37FN7O9S2+. The third kappa shape index (κ3) is 6.60. The minimum atomic E-state index is -1.77. The SMILES string of the molecule is CC(C)(O/N=C(\C(=O)N[C@@H]1C(=O)N2C(C=O)=C(C[N+]3(C)[C@@H]4CC[C@H]3C[C@@H](NC(=O)c3cc(O)c(O)c(F)c3)C4)CS[C@H]12)c1csc(N)n1)C(=O)O. The van der Waals surface area contributed by atoms with Crippen LogP contribution in [0.4, 0.5) is 9.52 Å². The summed E-state index contributed by atoms with van der Waals surface area (Å²) in [6.45, 7) is 3.01. The number of carbonyl (C=O) groups is 5. The number of nitrogens with two attached hydrogens (primary N) is 1. The summed E-state index contributed by atoms with van der Waals surface area (Å²) in [7, 11) is 2.11. The number of nitrogen functional groups attached to an aromatic ring is 1. The first kappa shape index (κ1) is 36.1. The number of β-lactam (4-membered cyclic amide) rings is 1. The number of allylic oxidation sites excluding steroid dienone is 1. The van der Waals surface area contributed by atoms with Gasteiger partial charge in [0.2, 0.25) is 5.60 Å². The molecule has 272 valence electrons. The van der Waals surface area contributed by atoms with Gasteiger partial charge in [0.1, 0.15) is 23.7 Å². The lowest BCUT2D eigenvalue weighted by Crippen LogP contribution is -2.71. The lowest BCUT2D eigenvalue weighted by atomic mass is 9.92. The van der Waals surface area contributed by atoms with Crippen LogP contribution < -0.4 is 16.4 Å². The molecule has 2 aromatic rings. The first-order valence-electron chi connectivity index (χ1n) is 16.0. The van der Waals surface area contributed by atoms with Gasteiger partial charge in [0.05, 0.1) is 24.8 Å². The van der Waals surface area contributed by atoms with Crippen LogP contribution in [-0.2, 0) is 24.0 Å². The van der Waals surface area contributed by atoms with Crippen LogP contribution in [0, 0.1) is 5.82 Å². The molecule has 19 heteroatoms. The fourth-order valence-corrected chi connectivity index (χ4v) is 9.15. The standard InChI is InChI=1S/C32H36FN7O9S2/c1-32(2,30(47)48)49-38-23(20-13-51-31(34)36-20)27(45)37-24-28(46)39-21(11-41)15(12-50-29(24)39)10-40(3)17-4-5-18(40)9-16(8-17)35-26(44)14-6-19(33)25(43)22(42)7-14/h6-7,11,13,16-18,24,29H,4-5,8-10,12H2,1-3H3,(H6-,34,35,36,37,38,42,43,44,45,47,48)/p+1/t16-,17+,18-,24-,29-,40?/m1/s1. The number of thioether (sulfide) groups is 1. The number of carboxylic acids is 1. The van der Waals surface area contributed by atoms with E-state index in [4.69, 9.17) is 10.6 Å². The van der Waals surface area contributed by atoms with E-state index in [1.807, 2.05) is 0 Å². The number of hydrogen-bond acceptors (Lipinski definition) is 13. The number of nitrogens with zero attached hydrogens (tertiary/aromatic N) is 4. The summed E-state index contributed by atoms with van der Waals surface area (Å²) in [6, 6.07) is 0.940. The number of aromatic hydroxyl groups is 2. The van der Waals surface area contributed by atoms with Crippen molar-refractivity contribution in [2.75, 3.05) is 25.1 Å². The van der Waals surface area contributed by atoms with Crippen molar-refractivity contribution in [2.45, 2.75) is 74.7 Å². The molecule has 7 N–H and O–H groups in total. The summed E-state index contributed by atoms with van der Waals surface area (Å²) in [5.41, 5.74) is 4.59. The topological polar surface area (TPSA) is 234 Å². The number of anilines is 1. The summed E-state index contributed by atoms with van der Waals surface area (Å²) < 4.78 is 14.6. The Hall–Kier alpha value is -4.75. The average Bonchev–Trinajstić information content (AvgIpc) is 3.54. The van der Waals surface area contributed by atoms with Gasteiger partial charge in [-0.25, -0.2) is 14.2 Å². The number of likely N-dealkylation sites (N-methyl/N-ethyl adjacent to an activating group) is 1. The first-order valence-corrected chi connectivity index (χ1v) is 18.0. The Morgan fingerprint density at radius 1 is 1.22 bits per heavy atom. The van der Waals surface area contributed by atoms with Crippen molar-refractivity contribution < 1.29 is 53.0 Å². The number of phenolic OH excluding ortho intramolecular Hbond substituents is 2. The number of phenols is 2. The molecule has 5 heterocycles. The number of nitrogens with one attached hydrogen (secondary N) is 2. The molecule has 6 rings (SSSR count). The largest absolute Gasteiger partial charge is 0.504 e. The third-order valence-electron chi connectivity index (χ3n) is 10.1. The van der Waals surface area contributed by atoms with Crippen molar-refractivity contribution in [3.63, 3.8) is 0 Å². The number of halogens is 1. The van der Waals surface area contributed by atoms with Gasteiger partial charge < -0.3 is 41.0 Å². The molecule has 6 atom stereocenters. The predicted molar refractivity (Wildman–Crippen MR) is 182 cm³/mol. The van der Waals surface area contributed by atoms with Crippen LogP contribution in [0.3, 0.4) is 0 Å². The molecule has 16 nitrogen and oxygen atoms in total. The molecule has 1 aromatic heterocycles. The van der Waals surface area contributed by atoms with Crippen LogP contribution in [-0.4, -0.2) is 120 Å². The minimum absolute atomic E-state index is 0.0374. The number of fused-ring (bicyclic) bond motifs is 3. The second-order valence-corrected chi connectivity index (χ2v) is 15.7. The summed E-state index contributed by atoms with van der Waals surface area (Å²) in [4.78, 5) is 74.4. The number of aliphatic carboxylic acids is 1. The average molecular weight is 747 g/mol. The van der Waals surface area contributed by atoms with Gasteiger partial charge in [-0.3, -0.25) is 24.1 Å². The number of amides is 3. The Morgan fingerprint density at radius 3 is 2.49 bits per heavy atom. The third-order valence-corrected chi connectivity index (χ3v) is 12.2. The number of hydrogen-bond donors (Lipinski definition) is 6. The second kappa shape index (κ2) is 13.4. The van der Waals surface area contributed by atoms with Gasteiger partial charge in [-0.05, 0) is 26.0 Å². The molecule has 0 aliphatic carbocycles. The number of carbonyl (C=O) groups excluding carboxylic acids is 4. The van der Waals surface area contributed by atoms with E-state index in [0.29, 0.717) is 35.9 Å². The normalized spacial score (nSPS) is 27.4. The summed E-state index contributed by atoms with van der Waals surface area (Å²) in [6.07, 6.45) is 3.70. The first-order chi connectivity index (χ1) is 24.0. The number of benzene rings is 1. The van der Waals surface area contributed by atoms with E-state index in [9.17, 15) is 43.7 Å². The van der Waals surface area contributed by atoms with Gasteiger partial charge >= 0.3 is 5.97 Å². The van der Waals surface area contributed by atoms with E-state index in [1.165, 1.54) is 35.9 Å². The molecule has 3 saturated heterocycles. The van der Waals surface area contributed by atoms with Crippen LogP contribution in [0.15, 0.2) is 33.9 Å². The van der Waals surface area contributed by atoms with E-state index in [2.05, 4.69) is 27.8 Å². The quantitative estimate of drug-likeness (QED) is 0.0477. The Balaban J connectivity index is 1.13. The summed E-state index contributed by atoms with van der Waals surface area (Å²) in [5, 5.41) is 39.0. The summed E-state index contributed by atoms with van der Waals surface area (Å²) >= 11 is 2.44. The molecule has 0 saturated carbocycles. The van der Waals surface area contributed by atoms with Crippen LogP contribution in [0.1, 0.15) is 55.6 Å². The fraction of sp³-hybridized carbons (Fsp3) is 0.469. The van der Waals surface area contributed by atoms with Gasteiger partial charge in [-0.1, -0.05) is 5.16 Å². The highest BCUT2D eigenvalue weighted by Crippen LogP contribution is 2.45. The van der Waals surface area contributed by atoms with Crippen LogP contribution in [0.25, 0.3) is 0 Å². The van der Waals surface area contributed by atoms with Crippen LogP contribution in [0.2, 0.25) is 0 Å². The number of quaternary nitrogens is 1. The lowest BCUT2D eigenvalue weighted by molar-refractivity contribution is -0.944. The van der Waals surface area contributed by atoms with Crippen LogP contribution in [0.5, 0.6) is 11.5 Å². The molecule has 2 bridgehead atoms. The smallest absolute Gasteiger partial charge is 0.350 e. The number of thiazole rings is 1. The van der Waals surface area contributed by atoms with Gasteiger partial charge in [0.15, 0.2) is 34.4 Å². The molecule has 0 spiro atoms. The zero-order valence-electron chi connectivity index (χ0n) is 27.8. The molecule has 3 amide bonds. The van der Waals surface area contributed by atoms with E-state index in [1.54, 1.807) is 0 Å². The van der Waals surface area contributed by atoms with E-state index < -0.39 is 58.0 Å². The number of carboxylic acid groups (broad SMARTS) is 1. The van der Waals surface area contributed by atoms with E-state index in [0.717, 1.165) is 41.9 Å². The predicted octanol–water partition coefficient (Wildman–Crippen LogP) is 1.28. The van der Waals surface area contributed by atoms with E-state index in [-0.39, 0.29) is 45.9 Å². The Bertz CT molecular complexity index is 1840. The van der Waals surface area contributed by atoms with E-state index >= 15 is 0 Å². The van der Waals surface area contributed by atoms with Gasteiger partial charge in [0.25, 0.3) is 17.7 Å². The summed E-state index contributed by atoms with van der Waals surface area (Å²) in [5.74, 6) is -5.51. The molecule has 4 aliphatic heterocycles. The second-order valence-electron chi connectivity index (χ2n) is 13.7. The number of rotatable bonds is 11. The Labute approximate surface area is 299 Å². The lowest BCUT2D eigenvalue weighted by Gasteiger charge is -2.52. The highest BCUT2D eigenvalue weighted by atomic mass is 32.2. The number of piperidine rings is 1. The Kier molecular flexibility index (Phi) is 9.49. The fourth-order valence-electron chi connectivity index (χ4n) is 7.24. The molecule has 51 heavy (non-hydrogen) atoms. The number of aldehydes is 1. The molecule has 1 unspecified atom stereocenters. The highest BCUT2D eigenvalue weighted by Gasteiger charge is 2.56. The number of aromatic nitrogens is 1. The minimum Gasteiger partial charge on any atom is -0.504 e. The van der Waals surface area contributed by atoms with Gasteiger partial charge in [-0.15, -0.1) is 23.1 Å². The van der Waals surface area contributed by atoms with Gasteiger partial charge in [0, 0.05) is 54.0 Å². The molecule has 1 aromatic carbocycles. The molecular weight excluding hydrogens is 710 g/mol. The number of oxime groups is 1. The maximum Gasteiger partial charge on any atom is 0.350 e. The van der Waals surface area contributed by atoms with Crippen molar-refractivity contribution >= 4 is 63.9 Å². The molecule has 0 radical (unpaired) electrons. The Morgan fingerprint density at radius 2 is 1.90 bits per heavy atom. The van der Waals surface area contributed by atoms with Crippen LogP contribution >= 0.6 is 23.1 Å². The highest BCUT2D eigenvalue weighted by molar-refractivity contribution is 8.00. The van der Waals surface area contributed by atoms with Gasteiger partial charge in [-0.2, -0.15) is 0 Å². The van der Waals surface area contributed by atoms with Crippen molar-refractivity contribution in [1.29, 1.82) is 0 Å². The van der Waals surface area contributed by atoms with Crippen molar-refractivity contribution in [1.82, 2.24) is 20.5 Å². The molecule has 3 fully saturated rings.